The van der Waals surface area contributed by atoms with Crippen LogP contribution in [0.1, 0.15) is 40.1 Å². The zero-order valence-electron chi connectivity index (χ0n) is 15.5. The first kappa shape index (κ1) is 19.2. The van der Waals surface area contributed by atoms with Gasteiger partial charge in [0.1, 0.15) is 12.2 Å². The predicted molar refractivity (Wildman–Crippen MR) is 99.8 cm³/mol. The Morgan fingerprint density at radius 1 is 1.30 bits per heavy atom. The zero-order chi connectivity index (χ0) is 19.2. The Morgan fingerprint density at radius 3 is 2.81 bits per heavy atom. The summed E-state index contributed by atoms with van der Waals surface area (Å²) in [5.74, 6) is -0.968. The number of carbonyl (C=O) groups excluding carboxylic acids is 1. The third-order valence-corrected chi connectivity index (χ3v) is 4.82. The summed E-state index contributed by atoms with van der Waals surface area (Å²) in [5.41, 5.74) is 2.34. The molecular weight excluding hydrogens is 346 g/mol. The molecule has 144 valence electrons. The minimum atomic E-state index is -1.01. The van der Waals surface area contributed by atoms with Crippen LogP contribution in [-0.2, 0) is 22.4 Å². The highest BCUT2D eigenvalue weighted by molar-refractivity contribution is 5.97. The van der Waals surface area contributed by atoms with Gasteiger partial charge in [0.05, 0.1) is 17.9 Å². The van der Waals surface area contributed by atoms with Crippen LogP contribution in [-0.4, -0.2) is 47.7 Å². The molecule has 1 amide bonds. The smallest absolute Gasteiger partial charge is 0.311 e. The monoisotopic (exact) mass is 371 g/mol. The number of benzene rings is 1. The highest BCUT2D eigenvalue weighted by Crippen LogP contribution is 2.23. The molecular formula is C21H25NO5. The third kappa shape index (κ3) is 4.98. The maximum atomic E-state index is 12.8. The summed E-state index contributed by atoms with van der Waals surface area (Å²) in [6, 6.07) is 10.3. The summed E-state index contributed by atoms with van der Waals surface area (Å²) >= 11 is 0. The molecule has 1 atom stereocenters. The van der Waals surface area contributed by atoms with Crippen molar-refractivity contribution < 1.29 is 23.8 Å². The van der Waals surface area contributed by atoms with Gasteiger partial charge in [0, 0.05) is 25.3 Å². The second kappa shape index (κ2) is 8.86. The van der Waals surface area contributed by atoms with E-state index in [9.17, 15) is 9.59 Å². The van der Waals surface area contributed by atoms with Gasteiger partial charge < -0.3 is 19.2 Å². The first-order valence-corrected chi connectivity index (χ1v) is 9.28. The fourth-order valence-corrected chi connectivity index (χ4v) is 3.43. The number of nitrogens with zero attached hydrogens (tertiary/aromatic N) is 1. The summed E-state index contributed by atoms with van der Waals surface area (Å²) in [6.45, 7) is 3.56. The van der Waals surface area contributed by atoms with Crippen LogP contribution in [0.5, 0.6) is 0 Å². The second-order valence-electron chi connectivity index (χ2n) is 6.91. The lowest BCUT2D eigenvalue weighted by molar-refractivity contribution is -0.136. The number of hydrogen-bond acceptors (Lipinski definition) is 4. The van der Waals surface area contributed by atoms with Crippen LogP contribution in [0, 0.1) is 6.92 Å². The molecule has 0 bridgehead atoms. The highest BCUT2D eigenvalue weighted by Gasteiger charge is 2.31. The van der Waals surface area contributed by atoms with Crippen molar-refractivity contribution in [3.8, 4) is 0 Å². The van der Waals surface area contributed by atoms with Gasteiger partial charge >= 0.3 is 5.97 Å². The van der Waals surface area contributed by atoms with Gasteiger partial charge in [-0.2, -0.15) is 0 Å². The topological polar surface area (TPSA) is 80.0 Å². The summed E-state index contributed by atoms with van der Waals surface area (Å²) in [7, 11) is 0. The van der Waals surface area contributed by atoms with E-state index in [4.69, 9.17) is 14.3 Å². The fraction of sp³-hybridized carbons (Fsp3) is 0.429. The van der Waals surface area contributed by atoms with Crippen LogP contribution in [0.2, 0.25) is 0 Å². The third-order valence-electron chi connectivity index (χ3n) is 4.82. The number of likely N-dealkylation sites (tertiary alicyclic amines) is 1. The number of amides is 1. The normalized spacial score (nSPS) is 16.6. The Morgan fingerprint density at radius 2 is 2.07 bits per heavy atom. The van der Waals surface area contributed by atoms with E-state index in [0.717, 1.165) is 19.3 Å². The summed E-state index contributed by atoms with van der Waals surface area (Å²) in [5, 5.41) is 8.99. The minimum Gasteiger partial charge on any atom is -0.481 e. The van der Waals surface area contributed by atoms with Gasteiger partial charge in [0.25, 0.3) is 5.91 Å². The molecule has 1 aromatic heterocycles. The molecule has 2 heterocycles. The SMILES string of the molecule is Cc1coc(CC(=O)O)c1C(=O)N1CCC(OCCCc2ccccc2)C1. The van der Waals surface area contributed by atoms with Crippen LogP contribution in [0.15, 0.2) is 41.0 Å². The van der Waals surface area contributed by atoms with Crippen molar-refractivity contribution in [2.24, 2.45) is 0 Å². The average molecular weight is 371 g/mol. The average Bonchev–Trinajstić information content (AvgIpc) is 3.26. The molecule has 1 aliphatic heterocycles. The number of hydrogen-bond donors (Lipinski definition) is 1. The standard InChI is InChI=1S/C21H25NO5/c1-15-14-27-18(12-19(23)24)20(15)21(25)22-10-9-17(13-22)26-11-5-8-16-6-3-2-4-7-16/h2-4,6-7,14,17H,5,8-13H2,1H3,(H,23,24). The lowest BCUT2D eigenvalue weighted by Gasteiger charge is -2.17. The van der Waals surface area contributed by atoms with Crippen molar-refractivity contribution in [3.05, 3.63) is 59.0 Å². The Labute approximate surface area is 158 Å². The molecule has 1 saturated heterocycles. The van der Waals surface area contributed by atoms with Gasteiger partial charge in [-0.15, -0.1) is 0 Å². The number of carboxylic acid groups (broad SMARTS) is 1. The van der Waals surface area contributed by atoms with E-state index in [0.29, 0.717) is 30.8 Å². The Bertz CT molecular complexity index is 783. The first-order chi connectivity index (χ1) is 13.0. The Balaban J connectivity index is 1.48. The Kier molecular flexibility index (Phi) is 6.29. The molecule has 0 aliphatic carbocycles. The number of carboxylic acids is 1. The van der Waals surface area contributed by atoms with E-state index in [1.54, 1.807) is 11.8 Å². The van der Waals surface area contributed by atoms with Gasteiger partial charge in [-0.05, 0) is 31.7 Å². The molecule has 0 radical (unpaired) electrons. The van der Waals surface area contributed by atoms with Gasteiger partial charge in [0.2, 0.25) is 0 Å². The number of carbonyl (C=O) groups is 2. The van der Waals surface area contributed by atoms with Crippen LogP contribution in [0.3, 0.4) is 0 Å². The van der Waals surface area contributed by atoms with Gasteiger partial charge in [-0.3, -0.25) is 9.59 Å². The van der Waals surface area contributed by atoms with Crippen molar-refractivity contribution in [1.29, 1.82) is 0 Å². The van der Waals surface area contributed by atoms with E-state index in [2.05, 4.69) is 12.1 Å². The maximum Gasteiger partial charge on any atom is 0.311 e. The molecule has 27 heavy (non-hydrogen) atoms. The number of aryl methyl sites for hydroxylation is 2. The summed E-state index contributed by atoms with van der Waals surface area (Å²) in [4.78, 5) is 25.5. The maximum absolute atomic E-state index is 12.8. The Hall–Kier alpha value is -2.60. The quantitative estimate of drug-likeness (QED) is 0.722. The van der Waals surface area contributed by atoms with Gasteiger partial charge in [-0.25, -0.2) is 0 Å². The minimum absolute atomic E-state index is 0.0276. The van der Waals surface area contributed by atoms with Crippen LogP contribution in [0.4, 0.5) is 0 Å². The van der Waals surface area contributed by atoms with Gasteiger partial charge in [-0.1, -0.05) is 30.3 Å². The molecule has 1 fully saturated rings. The number of rotatable bonds is 8. The van der Waals surface area contributed by atoms with Crippen molar-refractivity contribution >= 4 is 11.9 Å². The molecule has 1 N–H and O–H groups in total. The van der Waals surface area contributed by atoms with Crippen molar-refractivity contribution in [1.82, 2.24) is 4.90 Å². The first-order valence-electron chi connectivity index (χ1n) is 9.28. The van der Waals surface area contributed by atoms with Crippen molar-refractivity contribution in [2.75, 3.05) is 19.7 Å². The van der Waals surface area contributed by atoms with E-state index >= 15 is 0 Å². The van der Waals surface area contributed by atoms with Crippen molar-refractivity contribution in [3.63, 3.8) is 0 Å². The largest absolute Gasteiger partial charge is 0.481 e. The second-order valence-corrected chi connectivity index (χ2v) is 6.91. The molecule has 3 rings (SSSR count). The van der Waals surface area contributed by atoms with Gasteiger partial charge in [0.15, 0.2) is 0 Å². The summed E-state index contributed by atoms with van der Waals surface area (Å²) < 4.78 is 11.2. The van der Waals surface area contributed by atoms with E-state index in [1.807, 2.05) is 18.2 Å². The lowest BCUT2D eigenvalue weighted by Crippen LogP contribution is -2.31. The molecule has 6 nitrogen and oxygen atoms in total. The molecule has 1 aromatic carbocycles. The van der Waals surface area contributed by atoms with Crippen molar-refractivity contribution in [2.45, 2.75) is 38.7 Å². The molecule has 0 spiro atoms. The number of aliphatic carboxylic acids is 1. The van der Waals surface area contributed by atoms with E-state index in [1.165, 1.54) is 11.8 Å². The molecule has 1 unspecified atom stereocenters. The van der Waals surface area contributed by atoms with E-state index < -0.39 is 5.97 Å². The lowest BCUT2D eigenvalue weighted by atomic mass is 10.1. The summed E-state index contributed by atoms with van der Waals surface area (Å²) in [6.07, 6.45) is 3.89. The molecule has 2 aromatic rings. The molecule has 6 heteroatoms. The number of furan rings is 1. The van der Waals surface area contributed by atoms with Crippen LogP contribution >= 0.6 is 0 Å². The molecule has 0 saturated carbocycles. The highest BCUT2D eigenvalue weighted by atomic mass is 16.5. The predicted octanol–water partition coefficient (Wildman–Crippen LogP) is 3.08. The van der Waals surface area contributed by atoms with Crippen LogP contribution in [0.25, 0.3) is 0 Å². The van der Waals surface area contributed by atoms with E-state index in [-0.39, 0.29) is 24.2 Å². The molecule has 1 aliphatic rings. The zero-order valence-corrected chi connectivity index (χ0v) is 15.5. The van der Waals surface area contributed by atoms with Crippen LogP contribution < -0.4 is 0 Å². The number of ether oxygens (including phenoxy) is 1. The fourth-order valence-electron chi connectivity index (χ4n) is 3.43.